The molecule has 0 saturated heterocycles. The molecule has 0 aliphatic heterocycles. The van der Waals surface area contributed by atoms with E-state index in [1.165, 1.54) is 51.6 Å². The lowest BCUT2D eigenvalue weighted by atomic mass is 9.83. The predicted molar refractivity (Wildman–Crippen MR) is 85.6 cm³/mol. The number of hydrogen-bond donors (Lipinski definition) is 1. The molecule has 1 N–H and O–H groups in total. The second-order valence-corrected chi connectivity index (χ2v) is 6.76. The van der Waals surface area contributed by atoms with E-state index in [1.807, 2.05) is 0 Å². The van der Waals surface area contributed by atoms with E-state index in [0.717, 1.165) is 23.9 Å². The van der Waals surface area contributed by atoms with Crippen molar-refractivity contribution in [1.29, 1.82) is 0 Å². The van der Waals surface area contributed by atoms with Crippen LogP contribution in [0.15, 0.2) is 0 Å². The second-order valence-electron chi connectivity index (χ2n) is 6.76. The van der Waals surface area contributed by atoms with Gasteiger partial charge in [0.2, 0.25) is 0 Å². The molecule has 0 radical (unpaired) electrons. The summed E-state index contributed by atoms with van der Waals surface area (Å²) in [4.78, 5) is 2.78. The Kier molecular flexibility index (Phi) is 8.01. The van der Waals surface area contributed by atoms with Gasteiger partial charge in [0.15, 0.2) is 0 Å². The van der Waals surface area contributed by atoms with Crippen molar-refractivity contribution in [2.24, 2.45) is 11.8 Å². The van der Waals surface area contributed by atoms with Crippen molar-refractivity contribution in [3.05, 3.63) is 0 Å². The van der Waals surface area contributed by atoms with E-state index in [1.54, 1.807) is 0 Å². The fourth-order valence-electron chi connectivity index (χ4n) is 3.75. The highest BCUT2D eigenvalue weighted by Crippen LogP contribution is 2.26. The maximum Gasteiger partial charge on any atom is 0.0104 e. The van der Waals surface area contributed by atoms with Gasteiger partial charge < -0.3 is 5.32 Å². The van der Waals surface area contributed by atoms with E-state index in [0.29, 0.717) is 0 Å². The number of hydrogen-bond acceptors (Lipinski definition) is 2. The van der Waals surface area contributed by atoms with Crippen LogP contribution in [0.25, 0.3) is 0 Å². The monoisotopic (exact) mass is 268 g/mol. The number of rotatable bonds is 8. The van der Waals surface area contributed by atoms with E-state index in [4.69, 9.17) is 0 Å². The van der Waals surface area contributed by atoms with Gasteiger partial charge in [-0.1, -0.05) is 40.5 Å². The predicted octanol–water partition coefficient (Wildman–Crippen LogP) is 3.91. The van der Waals surface area contributed by atoms with E-state index in [9.17, 15) is 0 Å². The average Bonchev–Trinajstić information content (AvgIpc) is 2.40. The highest BCUT2D eigenvalue weighted by molar-refractivity contribution is 4.84. The first-order chi connectivity index (χ1) is 9.12. The Bertz CT molecular complexity index is 223. The Hall–Kier alpha value is -0.0800. The highest BCUT2D eigenvalue weighted by atomic mass is 15.2. The van der Waals surface area contributed by atoms with Crippen molar-refractivity contribution in [3.8, 4) is 0 Å². The zero-order valence-corrected chi connectivity index (χ0v) is 13.9. The quantitative estimate of drug-likeness (QED) is 0.718. The van der Waals surface area contributed by atoms with Gasteiger partial charge >= 0.3 is 0 Å². The van der Waals surface area contributed by atoms with Crippen molar-refractivity contribution in [1.82, 2.24) is 10.2 Å². The summed E-state index contributed by atoms with van der Waals surface area (Å²) in [7, 11) is 2.15. The van der Waals surface area contributed by atoms with Gasteiger partial charge in [0.05, 0.1) is 0 Å². The SMILES string of the molecule is CCC(CC)N(CC(C)C)CC1CCCCC1NC. The molecule has 1 saturated carbocycles. The lowest BCUT2D eigenvalue weighted by molar-refractivity contribution is 0.112. The fraction of sp³-hybridized carbons (Fsp3) is 1.00. The van der Waals surface area contributed by atoms with Crippen LogP contribution in [-0.2, 0) is 0 Å². The molecule has 0 heterocycles. The third-order valence-corrected chi connectivity index (χ3v) is 4.81. The van der Waals surface area contributed by atoms with Crippen molar-refractivity contribution in [3.63, 3.8) is 0 Å². The van der Waals surface area contributed by atoms with Gasteiger partial charge in [-0.05, 0) is 44.6 Å². The van der Waals surface area contributed by atoms with E-state index in [-0.39, 0.29) is 0 Å². The molecule has 1 fully saturated rings. The van der Waals surface area contributed by atoms with Crippen molar-refractivity contribution < 1.29 is 0 Å². The zero-order chi connectivity index (χ0) is 14.3. The Morgan fingerprint density at radius 2 is 1.74 bits per heavy atom. The van der Waals surface area contributed by atoms with Gasteiger partial charge in [0, 0.05) is 25.2 Å². The van der Waals surface area contributed by atoms with Crippen molar-refractivity contribution in [2.45, 2.75) is 78.3 Å². The van der Waals surface area contributed by atoms with E-state index < -0.39 is 0 Å². The summed E-state index contributed by atoms with van der Waals surface area (Å²) in [6, 6.07) is 1.53. The normalized spacial score (nSPS) is 24.6. The zero-order valence-electron chi connectivity index (χ0n) is 13.9. The van der Waals surface area contributed by atoms with Crippen molar-refractivity contribution in [2.75, 3.05) is 20.1 Å². The van der Waals surface area contributed by atoms with Gasteiger partial charge in [-0.25, -0.2) is 0 Å². The molecule has 0 aromatic carbocycles. The molecular formula is C17H36N2. The Morgan fingerprint density at radius 3 is 2.26 bits per heavy atom. The minimum absolute atomic E-state index is 0.748. The summed E-state index contributed by atoms with van der Waals surface area (Å²) in [5.41, 5.74) is 0. The van der Waals surface area contributed by atoms with Crippen LogP contribution in [0.5, 0.6) is 0 Å². The maximum absolute atomic E-state index is 3.56. The molecule has 0 amide bonds. The van der Waals surface area contributed by atoms with Crippen LogP contribution in [0.1, 0.15) is 66.2 Å². The second kappa shape index (κ2) is 8.97. The summed E-state index contributed by atoms with van der Waals surface area (Å²) in [6.07, 6.45) is 8.22. The van der Waals surface area contributed by atoms with Crippen LogP contribution in [0.3, 0.4) is 0 Å². The molecule has 114 valence electrons. The van der Waals surface area contributed by atoms with Gasteiger partial charge in [0.1, 0.15) is 0 Å². The molecule has 0 aromatic heterocycles. The average molecular weight is 268 g/mol. The Balaban J connectivity index is 2.63. The first-order valence-corrected chi connectivity index (χ1v) is 8.53. The molecule has 19 heavy (non-hydrogen) atoms. The summed E-state index contributed by atoms with van der Waals surface area (Å²) in [6.45, 7) is 12.0. The molecule has 0 spiro atoms. The fourth-order valence-corrected chi connectivity index (χ4v) is 3.75. The largest absolute Gasteiger partial charge is 0.317 e. The standard InChI is InChI=1S/C17H36N2/c1-6-16(7-2)19(12-14(3)4)13-15-10-8-9-11-17(15)18-5/h14-18H,6-13H2,1-5H3. The molecule has 2 unspecified atom stereocenters. The first-order valence-electron chi connectivity index (χ1n) is 8.53. The summed E-state index contributed by atoms with van der Waals surface area (Å²) in [5.74, 6) is 1.63. The van der Waals surface area contributed by atoms with Gasteiger partial charge in [-0.2, -0.15) is 0 Å². The Labute approximate surface area is 121 Å². The van der Waals surface area contributed by atoms with Gasteiger partial charge in [-0.15, -0.1) is 0 Å². The summed E-state index contributed by atoms with van der Waals surface area (Å²) < 4.78 is 0. The minimum atomic E-state index is 0.748. The molecule has 0 bridgehead atoms. The Morgan fingerprint density at radius 1 is 1.11 bits per heavy atom. The smallest absolute Gasteiger partial charge is 0.0104 e. The molecule has 1 aliphatic rings. The van der Waals surface area contributed by atoms with Crippen LogP contribution >= 0.6 is 0 Å². The molecular weight excluding hydrogens is 232 g/mol. The number of nitrogens with zero attached hydrogens (tertiary/aromatic N) is 1. The third kappa shape index (κ3) is 5.43. The van der Waals surface area contributed by atoms with Crippen LogP contribution in [0, 0.1) is 11.8 Å². The van der Waals surface area contributed by atoms with Crippen molar-refractivity contribution >= 4 is 0 Å². The molecule has 1 aliphatic carbocycles. The molecule has 2 heteroatoms. The minimum Gasteiger partial charge on any atom is -0.317 e. The van der Waals surface area contributed by atoms with E-state index in [2.05, 4.69) is 45.0 Å². The van der Waals surface area contributed by atoms with Gasteiger partial charge in [-0.3, -0.25) is 4.90 Å². The lowest BCUT2D eigenvalue weighted by Crippen LogP contribution is -2.47. The van der Waals surface area contributed by atoms with Crippen LogP contribution in [0.4, 0.5) is 0 Å². The highest BCUT2D eigenvalue weighted by Gasteiger charge is 2.27. The summed E-state index contributed by atoms with van der Waals surface area (Å²) >= 11 is 0. The molecule has 1 rings (SSSR count). The lowest BCUT2D eigenvalue weighted by Gasteiger charge is -2.39. The summed E-state index contributed by atoms with van der Waals surface area (Å²) in [5, 5.41) is 3.56. The van der Waals surface area contributed by atoms with Crippen LogP contribution < -0.4 is 5.32 Å². The van der Waals surface area contributed by atoms with Gasteiger partial charge in [0.25, 0.3) is 0 Å². The third-order valence-electron chi connectivity index (χ3n) is 4.81. The van der Waals surface area contributed by atoms with E-state index >= 15 is 0 Å². The van der Waals surface area contributed by atoms with Crippen LogP contribution in [0.2, 0.25) is 0 Å². The number of nitrogens with one attached hydrogen (secondary N) is 1. The van der Waals surface area contributed by atoms with Crippen LogP contribution in [-0.4, -0.2) is 37.1 Å². The molecule has 0 aromatic rings. The first kappa shape index (κ1) is 17.0. The maximum atomic E-state index is 3.56. The molecule has 2 atom stereocenters. The molecule has 2 nitrogen and oxygen atoms in total. The topological polar surface area (TPSA) is 15.3 Å².